The van der Waals surface area contributed by atoms with E-state index in [1.165, 1.54) is 4.90 Å². The number of likely N-dealkylation sites (N-methyl/N-ethyl adjacent to an activating group) is 1. The molecule has 1 fully saturated rings. The molecule has 0 saturated carbocycles. The number of likely N-dealkylation sites (tertiary alicyclic amines) is 1. The summed E-state index contributed by atoms with van der Waals surface area (Å²) in [5.74, 6) is 0. The van der Waals surface area contributed by atoms with Gasteiger partial charge in [-0.05, 0) is 33.5 Å². The van der Waals surface area contributed by atoms with Crippen molar-refractivity contribution >= 4 is 6.98 Å². The van der Waals surface area contributed by atoms with Gasteiger partial charge in [0.1, 0.15) is 0 Å². The normalized spacial score (nSPS) is 24.0. The van der Waals surface area contributed by atoms with Gasteiger partial charge in [-0.15, -0.1) is 0 Å². The summed E-state index contributed by atoms with van der Waals surface area (Å²) >= 11 is 0. The van der Waals surface area contributed by atoms with Crippen LogP contribution >= 0.6 is 0 Å². The van der Waals surface area contributed by atoms with Crippen LogP contribution in [0.3, 0.4) is 0 Å². The molecule has 1 aliphatic rings. The summed E-state index contributed by atoms with van der Waals surface area (Å²) in [6.45, 7) is -3.53. The SMILES string of the molecule is CN(C)C1CCN(C[B-](F)(F)F)C1.[K+]. The van der Waals surface area contributed by atoms with E-state index in [1.54, 1.807) is 0 Å². The maximum atomic E-state index is 12.0. The minimum Gasteiger partial charge on any atom is -0.448 e. The van der Waals surface area contributed by atoms with E-state index in [9.17, 15) is 12.9 Å². The fourth-order valence-electron chi connectivity index (χ4n) is 1.69. The molecule has 0 N–H and O–H groups in total. The molecule has 0 aliphatic carbocycles. The van der Waals surface area contributed by atoms with Gasteiger partial charge in [0.2, 0.25) is 0 Å². The average molecular weight is 234 g/mol. The Morgan fingerprint density at radius 3 is 2.29 bits per heavy atom. The first-order valence-electron chi connectivity index (χ1n) is 4.48. The van der Waals surface area contributed by atoms with Crippen LogP contribution in [-0.4, -0.2) is 56.4 Å². The smallest absolute Gasteiger partial charge is 0.448 e. The Balaban J connectivity index is 0.00000169. The van der Waals surface area contributed by atoms with Crippen molar-refractivity contribution in [1.82, 2.24) is 9.80 Å². The molecule has 0 aromatic heterocycles. The van der Waals surface area contributed by atoms with Crippen LogP contribution in [-0.2, 0) is 0 Å². The van der Waals surface area contributed by atoms with Gasteiger partial charge in [0.05, 0.1) is 0 Å². The van der Waals surface area contributed by atoms with Crippen molar-refractivity contribution in [2.24, 2.45) is 0 Å². The maximum Gasteiger partial charge on any atom is 1.00 e. The molecule has 7 heteroatoms. The first kappa shape index (κ1) is 15.4. The van der Waals surface area contributed by atoms with Gasteiger partial charge in [-0.25, -0.2) is 0 Å². The number of hydrogen-bond acceptors (Lipinski definition) is 2. The molecule has 1 rings (SSSR count). The zero-order valence-corrected chi connectivity index (χ0v) is 12.1. The Bertz CT molecular complexity index is 177. The number of nitrogens with zero attached hydrogens (tertiary/aromatic N) is 2. The van der Waals surface area contributed by atoms with Gasteiger partial charge >= 0.3 is 58.4 Å². The number of halogens is 3. The molecule has 0 aromatic rings. The van der Waals surface area contributed by atoms with Gasteiger partial charge in [-0.1, -0.05) is 0 Å². The third-order valence-electron chi connectivity index (χ3n) is 2.44. The van der Waals surface area contributed by atoms with Crippen LogP contribution in [0.2, 0.25) is 0 Å². The van der Waals surface area contributed by atoms with Crippen molar-refractivity contribution < 1.29 is 64.3 Å². The molecule has 14 heavy (non-hydrogen) atoms. The second-order valence-electron chi connectivity index (χ2n) is 3.88. The summed E-state index contributed by atoms with van der Waals surface area (Å²) in [6, 6.07) is 0.290. The molecular weight excluding hydrogens is 219 g/mol. The van der Waals surface area contributed by atoms with Crippen LogP contribution in [0.4, 0.5) is 12.9 Å². The van der Waals surface area contributed by atoms with Crippen molar-refractivity contribution in [3.8, 4) is 0 Å². The predicted octanol–water partition coefficient (Wildman–Crippen LogP) is -1.99. The zero-order valence-electron chi connectivity index (χ0n) is 9.01. The first-order valence-corrected chi connectivity index (χ1v) is 4.48. The van der Waals surface area contributed by atoms with Gasteiger partial charge in [-0.2, -0.15) is 0 Å². The first-order chi connectivity index (χ1) is 5.88. The topological polar surface area (TPSA) is 6.48 Å². The summed E-state index contributed by atoms with van der Waals surface area (Å²) in [7, 11) is 3.82. The maximum absolute atomic E-state index is 12.0. The molecule has 1 saturated heterocycles. The van der Waals surface area contributed by atoms with Crippen molar-refractivity contribution in [3.63, 3.8) is 0 Å². The largest absolute Gasteiger partial charge is 1.00 e. The molecule has 0 radical (unpaired) electrons. The number of rotatable bonds is 3. The quantitative estimate of drug-likeness (QED) is 0.522. The minimum absolute atomic E-state index is 0. The summed E-state index contributed by atoms with van der Waals surface area (Å²) in [5, 5.41) is 0. The van der Waals surface area contributed by atoms with E-state index in [2.05, 4.69) is 0 Å². The van der Waals surface area contributed by atoms with E-state index in [4.69, 9.17) is 0 Å². The fraction of sp³-hybridized carbons (Fsp3) is 1.00. The molecule has 0 spiro atoms. The van der Waals surface area contributed by atoms with Crippen LogP contribution in [0.15, 0.2) is 0 Å². The molecule has 0 amide bonds. The molecule has 1 heterocycles. The summed E-state index contributed by atoms with van der Waals surface area (Å²) in [4.78, 5) is 3.48. The van der Waals surface area contributed by atoms with E-state index in [0.29, 0.717) is 13.1 Å². The molecule has 78 valence electrons. The molecule has 0 bridgehead atoms. The van der Waals surface area contributed by atoms with Crippen molar-refractivity contribution in [2.45, 2.75) is 12.5 Å². The Morgan fingerprint density at radius 2 is 1.93 bits per heavy atom. The second-order valence-corrected chi connectivity index (χ2v) is 3.88. The Labute approximate surface area is 126 Å². The molecule has 1 aliphatic heterocycles. The van der Waals surface area contributed by atoms with E-state index in [-0.39, 0.29) is 57.4 Å². The van der Waals surface area contributed by atoms with Gasteiger partial charge in [0.25, 0.3) is 0 Å². The average Bonchev–Trinajstić information content (AvgIpc) is 2.31. The summed E-state index contributed by atoms with van der Waals surface area (Å²) in [5.41, 5.74) is 0. The predicted molar refractivity (Wildman–Crippen MR) is 47.6 cm³/mol. The van der Waals surface area contributed by atoms with Crippen molar-refractivity contribution in [3.05, 3.63) is 0 Å². The zero-order chi connectivity index (χ0) is 10.1. The molecule has 0 aromatic carbocycles. The Kier molecular flexibility index (Phi) is 6.85. The van der Waals surface area contributed by atoms with Gasteiger partial charge in [-0.3, -0.25) is 0 Å². The van der Waals surface area contributed by atoms with E-state index in [1.807, 2.05) is 19.0 Å². The van der Waals surface area contributed by atoms with Gasteiger partial charge in [0.15, 0.2) is 0 Å². The summed E-state index contributed by atoms with van der Waals surface area (Å²) in [6.07, 6.45) is 0.142. The third kappa shape index (κ3) is 5.48. The Hall–Kier alpha value is 1.41. The number of hydrogen-bond donors (Lipinski definition) is 0. The molecule has 1 unspecified atom stereocenters. The van der Waals surface area contributed by atoms with Crippen molar-refractivity contribution in [2.75, 3.05) is 33.6 Å². The van der Waals surface area contributed by atoms with E-state index in [0.717, 1.165) is 6.42 Å². The third-order valence-corrected chi connectivity index (χ3v) is 2.44. The van der Waals surface area contributed by atoms with Gasteiger partial charge in [0, 0.05) is 12.6 Å². The van der Waals surface area contributed by atoms with Crippen LogP contribution in [0, 0.1) is 0 Å². The monoisotopic (exact) mass is 234 g/mol. The van der Waals surface area contributed by atoms with Gasteiger partial charge < -0.3 is 22.7 Å². The summed E-state index contributed by atoms with van der Waals surface area (Å²) < 4.78 is 36.1. The van der Waals surface area contributed by atoms with E-state index < -0.39 is 13.4 Å². The fourth-order valence-corrected chi connectivity index (χ4v) is 1.69. The standard InChI is InChI=1S/C7H15BF3N2.K/c1-12(2)7-3-4-13(5-7)6-8(9,10)11;/h7H,3-6H2,1-2H3;/q-1;+1. The Morgan fingerprint density at radius 1 is 1.36 bits per heavy atom. The van der Waals surface area contributed by atoms with Crippen molar-refractivity contribution in [1.29, 1.82) is 0 Å². The van der Waals surface area contributed by atoms with E-state index >= 15 is 0 Å². The van der Waals surface area contributed by atoms with Crippen LogP contribution < -0.4 is 51.4 Å². The minimum atomic E-state index is -4.65. The molecule has 1 atom stereocenters. The molecule has 2 nitrogen and oxygen atoms in total. The van der Waals surface area contributed by atoms with Crippen LogP contribution in [0.5, 0.6) is 0 Å². The second kappa shape index (κ2) is 6.22. The van der Waals surface area contributed by atoms with Crippen LogP contribution in [0.1, 0.15) is 6.42 Å². The molecular formula is C7H15BF3KN2. The van der Waals surface area contributed by atoms with Crippen LogP contribution in [0.25, 0.3) is 0 Å².